The zero-order chi connectivity index (χ0) is 48.8. The van der Waals surface area contributed by atoms with Crippen LogP contribution in [0.25, 0.3) is 33.4 Å². The van der Waals surface area contributed by atoms with Crippen LogP contribution in [0.5, 0.6) is 0 Å². The minimum absolute atomic E-state index is 0.00816. The first-order chi connectivity index (χ1) is 33.2. The number of thioether (sulfide) groups is 1. The lowest BCUT2D eigenvalue weighted by atomic mass is 9.93. The van der Waals surface area contributed by atoms with E-state index in [1.807, 2.05) is 123 Å². The zero-order valence-corrected chi connectivity index (χ0v) is 40.2. The number of anilines is 2. The fourth-order valence-corrected chi connectivity index (χ4v) is 11.7. The maximum atomic E-state index is 14.8. The van der Waals surface area contributed by atoms with Crippen LogP contribution in [0.4, 0.5) is 17.1 Å². The van der Waals surface area contributed by atoms with Gasteiger partial charge in [0.2, 0.25) is 50.6 Å². The second-order valence-electron chi connectivity index (χ2n) is 17.0. The number of likely N-dealkylation sites (tertiary alicyclic amines) is 1. The number of benzene rings is 5. The van der Waals surface area contributed by atoms with Crippen molar-refractivity contribution in [3.05, 3.63) is 127 Å². The van der Waals surface area contributed by atoms with Crippen LogP contribution in [0.15, 0.2) is 131 Å². The molecule has 0 bridgehead atoms. The summed E-state index contributed by atoms with van der Waals surface area (Å²) in [5.41, 5.74) is 10.5. The van der Waals surface area contributed by atoms with Crippen molar-refractivity contribution in [2.75, 3.05) is 58.1 Å². The fourth-order valence-electron chi connectivity index (χ4n) is 8.76. The molecular weight excluding hydrogens is 917 g/mol. The Labute approximate surface area is 404 Å². The molecule has 2 fully saturated rings. The van der Waals surface area contributed by atoms with Gasteiger partial charge in [0.1, 0.15) is 25.1 Å². The van der Waals surface area contributed by atoms with Crippen LogP contribution in [-0.2, 0) is 34.0 Å². The molecule has 0 aromatic heterocycles. The van der Waals surface area contributed by atoms with E-state index in [4.69, 9.17) is 10.2 Å². The van der Waals surface area contributed by atoms with E-state index in [1.165, 1.54) is 4.31 Å². The van der Waals surface area contributed by atoms with E-state index < -0.39 is 45.0 Å². The highest BCUT2D eigenvalue weighted by molar-refractivity contribution is 8.00. The van der Waals surface area contributed by atoms with Gasteiger partial charge in [-0.25, -0.2) is 8.42 Å². The number of nitrogens with two attached hydrogens (primary N) is 1. The number of para-hydroxylation sites is 2. The zero-order valence-electron chi connectivity index (χ0n) is 38.6. The number of hydrogen-bond acceptors (Lipinski definition) is 11. The Bertz CT molecular complexity index is 3050. The molecule has 0 saturated carbocycles. The highest BCUT2D eigenvalue weighted by Crippen LogP contribution is 2.44. The van der Waals surface area contributed by atoms with Gasteiger partial charge in [-0.2, -0.15) is 8.88 Å². The van der Waals surface area contributed by atoms with Crippen LogP contribution in [0.2, 0.25) is 0 Å². The van der Waals surface area contributed by atoms with Crippen molar-refractivity contribution >= 4 is 79.4 Å². The van der Waals surface area contributed by atoms with Crippen LogP contribution in [-0.4, -0.2) is 112 Å². The topological polar surface area (TPSA) is 207 Å². The molecule has 0 spiro atoms. The van der Waals surface area contributed by atoms with Gasteiger partial charge in [0, 0.05) is 109 Å². The summed E-state index contributed by atoms with van der Waals surface area (Å²) in [6.07, 6.45) is 0.364. The number of likely N-dealkylation sites (N-methyl/N-ethyl adjacent to an activating group) is 1. The molecule has 5 amide bonds. The average Bonchev–Trinajstić information content (AvgIpc) is 3.64. The Morgan fingerprint density at radius 3 is 2.28 bits per heavy atom. The number of nitrogens with zero attached hydrogens (tertiary/aromatic N) is 4. The Balaban J connectivity index is 0.995. The lowest BCUT2D eigenvalue weighted by Gasteiger charge is -2.31. The molecule has 3 aliphatic heterocycles. The molecule has 18 heteroatoms. The maximum Gasteiger partial charge on any atom is 0.244 e. The van der Waals surface area contributed by atoms with Crippen molar-refractivity contribution in [3.8, 4) is 22.5 Å². The molecule has 0 radical (unpaired) electrons. The average molecular weight is 972 g/mol. The van der Waals surface area contributed by atoms with Crippen LogP contribution in [0.1, 0.15) is 25.7 Å². The maximum absolute atomic E-state index is 14.8. The Kier molecular flexibility index (Phi) is 14.9. The van der Waals surface area contributed by atoms with Gasteiger partial charge in [-0.1, -0.05) is 54.6 Å². The highest BCUT2D eigenvalue weighted by atomic mass is 32.2. The summed E-state index contributed by atoms with van der Waals surface area (Å²) in [7, 11) is 1.45. The molecule has 2 saturated heterocycles. The lowest BCUT2D eigenvalue weighted by molar-refractivity contribution is -0.139. The second kappa shape index (κ2) is 21.2. The van der Waals surface area contributed by atoms with E-state index in [-0.39, 0.29) is 74.4 Å². The Hall–Kier alpha value is -6.86. The number of sulfonamides is 1. The first-order valence-corrected chi connectivity index (χ1v) is 25.2. The van der Waals surface area contributed by atoms with Crippen LogP contribution in [0, 0.1) is 5.92 Å². The monoisotopic (exact) mass is 971 g/mol. The third-order valence-corrected chi connectivity index (χ3v) is 16.0. The summed E-state index contributed by atoms with van der Waals surface area (Å²) in [5, 5.41) is 9.11. The van der Waals surface area contributed by atoms with Crippen molar-refractivity contribution in [1.29, 1.82) is 0 Å². The molecule has 16 nitrogen and oxygen atoms in total. The predicted molar refractivity (Wildman–Crippen MR) is 267 cm³/mol. The van der Waals surface area contributed by atoms with Crippen LogP contribution >= 0.6 is 11.8 Å². The summed E-state index contributed by atoms with van der Waals surface area (Å²) < 4.78 is 39.8. The van der Waals surface area contributed by atoms with Crippen molar-refractivity contribution in [3.63, 3.8) is 0 Å². The molecule has 2 atom stereocenters. The molecular formula is C51H55N8O8S2+. The second-order valence-corrected chi connectivity index (χ2v) is 20.2. The molecule has 69 heavy (non-hydrogen) atoms. The van der Waals surface area contributed by atoms with E-state index in [2.05, 4.69) is 25.4 Å². The van der Waals surface area contributed by atoms with E-state index in [1.54, 1.807) is 19.2 Å². The number of imide groups is 1. The van der Waals surface area contributed by atoms with E-state index >= 15 is 0 Å². The number of fused-ring (bicyclic) bond motifs is 2. The molecule has 8 rings (SSSR count). The van der Waals surface area contributed by atoms with Crippen LogP contribution in [0.3, 0.4) is 0 Å². The Morgan fingerprint density at radius 2 is 1.57 bits per heavy atom. The van der Waals surface area contributed by atoms with E-state index in [9.17, 15) is 32.4 Å². The SMILES string of the molecule is CN[C@@H](CSC1CC(=O)N(CNC(=O)C2CCN(S(=O)(=O)c3ccccc3-c3c4ccc(=[N+](C)c5ccccc5)cc-4oc4cc(N(C)c5ccccc5)ccc34)CC2)C1=O)C(=O)NCCC(N)=O. The first-order valence-electron chi connectivity index (χ1n) is 22.7. The molecule has 358 valence electrons. The van der Waals surface area contributed by atoms with Crippen molar-refractivity contribution in [2.24, 2.45) is 11.7 Å². The van der Waals surface area contributed by atoms with E-state index in [0.717, 1.165) is 50.0 Å². The number of rotatable bonds is 17. The van der Waals surface area contributed by atoms with Gasteiger partial charge in [0.25, 0.3) is 0 Å². The summed E-state index contributed by atoms with van der Waals surface area (Å²) in [6, 6.07) is 38.1. The normalized spacial score (nSPS) is 16.7. The molecule has 1 unspecified atom stereocenters. The minimum atomic E-state index is -4.11. The number of hydrogen-bond donors (Lipinski definition) is 4. The van der Waals surface area contributed by atoms with Gasteiger partial charge in [0.15, 0.2) is 0 Å². The number of nitrogens with one attached hydrogen (secondary N) is 3. The summed E-state index contributed by atoms with van der Waals surface area (Å²) >= 11 is 1.15. The van der Waals surface area contributed by atoms with Gasteiger partial charge < -0.3 is 31.0 Å². The van der Waals surface area contributed by atoms with Gasteiger partial charge in [0.05, 0.1) is 22.3 Å². The standard InChI is InChI=1S/C51H54N8O8S2/c1-53-41(50(63)54-25-22-46(52)60)31-68-44-30-47(61)59(51(44)64)32-55-49(62)33-23-26-58(27-24-33)69(65,66)45-17-11-10-16-40(45)48-38-20-18-36(56(2)34-12-6-4-7-13-34)28-42(38)67-43-29-37(19-21-39(43)48)57(3)35-14-8-5-9-15-35/h4-21,28-29,33,41,44,53H,22-27,30-32H2,1-3H3,(H3-,52,54,55,60,62,63)/p+1/t41-,44?/m0/s1. The van der Waals surface area contributed by atoms with Gasteiger partial charge in [-0.05, 0) is 56.3 Å². The summed E-state index contributed by atoms with van der Waals surface area (Å²) in [5.74, 6) is -2.00. The molecule has 4 aromatic rings. The third kappa shape index (κ3) is 10.6. The van der Waals surface area contributed by atoms with Crippen LogP contribution < -0.4 is 36.5 Å². The van der Waals surface area contributed by atoms with Gasteiger partial charge in [-0.15, -0.1) is 11.8 Å². The van der Waals surface area contributed by atoms with Gasteiger partial charge in [-0.3, -0.25) is 28.9 Å². The van der Waals surface area contributed by atoms with Crippen molar-refractivity contribution in [2.45, 2.75) is 41.9 Å². The lowest BCUT2D eigenvalue weighted by Crippen LogP contribution is -2.47. The quantitative estimate of drug-likeness (QED) is 0.0564. The minimum Gasteiger partial charge on any atom is -0.456 e. The molecule has 5 N–H and O–H groups in total. The number of amides is 5. The summed E-state index contributed by atoms with van der Waals surface area (Å²) in [6.45, 7) is -0.0802. The van der Waals surface area contributed by atoms with Gasteiger partial charge >= 0.3 is 0 Å². The number of piperidine rings is 1. The summed E-state index contributed by atoms with van der Waals surface area (Å²) in [4.78, 5) is 66.4. The molecule has 1 aliphatic carbocycles. The predicted octanol–water partition coefficient (Wildman–Crippen LogP) is 4.62. The highest BCUT2D eigenvalue weighted by Gasteiger charge is 2.40. The Morgan fingerprint density at radius 1 is 0.870 bits per heavy atom. The number of carbonyl (C=O) groups excluding carboxylic acids is 5. The molecule has 3 heterocycles. The molecule has 4 aliphatic rings. The molecule has 4 aromatic carbocycles. The third-order valence-electron chi connectivity index (χ3n) is 12.8. The number of primary amides is 1. The van der Waals surface area contributed by atoms with E-state index in [0.29, 0.717) is 22.5 Å². The fraction of sp³-hybridized carbons (Fsp3) is 0.294. The number of carbonyl (C=O) groups is 5. The largest absolute Gasteiger partial charge is 0.456 e. The first kappa shape index (κ1) is 48.6. The van der Waals surface area contributed by atoms with Crippen molar-refractivity contribution in [1.82, 2.24) is 29.7 Å². The van der Waals surface area contributed by atoms with Crippen molar-refractivity contribution < 1.29 is 36.8 Å². The smallest absolute Gasteiger partial charge is 0.244 e.